The van der Waals surface area contributed by atoms with E-state index in [4.69, 9.17) is 9.47 Å². The summed E-state index contributed by atoms with van der Waals surface area (Å²) in [6, 6.07) is 0. The number of esters is 2. The monoisotopic (exact) mass is 312 g/mol. The molecule has 0 aromatic carbocycles. The summed E-state index contributed by atoms with van der Waals surface area (Å²) >= 11 is 0. The Bertz CT molecular complexity index is 415. The second-order valence-corrected chi connectivity index (χ2v) is 4.82. The van der Waals surface area contributed by atoms with Crippen molar-refractivity contribution in [3.63, 3.8) is 0 Å². The molecule has 124 valence electrons. The van der Waals surface area contributed by atoms with Crippen LogP contribution in [0.4, 0.5) is 0 Å². The first-order valence-electron chi connectivity index (χ1n) is 7.00. The Morgan fingerprint density at radius 1 is 1.09 bits per heavy atom. The number of rotatable bonds is 10. The van der Waals surface area contributed by atoms with Crippen molar-refractivity contribution in [2.24, 2.45) is 0 Å². The van der Waals surface area contributed by atoms with Crippen LogP contribution in [0.2, 0.25) is 0 Å². The second kappa shape index (κ2) is 10.8. The Balaban J connectivity index is 4.11. The third kappa shape index (κ3) is 9.10. The Labute approximate surface area is 130 Å². The highest BCUT2D eigenvalue weighted by molar-refractivity contribution is 5.82. The fourth-order valence-corrected chi connectivity index (χ4v) is 1.48. The Morgan fingerprint density at radius 3 is 2.27 bits per heavy atom. The summed E-state index contributed by atoms with van der Waals surface area (Å²) in [7, 11) is 0. The van der Waals surface area contributed by atoms with Gasteiger partial charge in [-0.25, -0.2) is 9.59 Å². The molecule has 0 aliphatic rings. The lowest BCUT2D eigenvalue weighted by Crippen LogP contribution is -2.26. The van der Waals surface area contributed by atoms with E-state index in [1.54, 1.807) is 6.92 Å². The molecular weight excluding hydrogens is 288 g/mol. The first-order valence-corrected chi connectivity index (χ1v) is 7.00. The maximum atomic E-state index is 11.5. The van der Waals surface area contributed by atoms with E-state index in [0.29, 0.717) is 12.8 Å². The Morgan fingerprint density at radius 2 is 1.73 bits per heavy atom. The van der Waals surface area contributed by atoms with Gasteiger partial charge in [-0.1, -0.05) is 12.7 Å². The molecule has 6 heteroatoms. The molecule has 0 aromatic heterocycles. The zero-order chi connectivity index (χ0) is 17.1. The van der Waals surface area contributed by atoms with Gasteiger partial charge in [0.15, 0.2) is 0 Å². The van der Waals surface area contributed by atoms with Crippen molar-refractivity contribution in [3.05, 3.63) is 37.5 Å². The summed E-state index contributed by atoms with van der Waals surface area (Å²) in [6.07, 6.45) is 2.60. The summed E-state index contributed by atoms with van der Waals surface area (Å²) < 4.78 is 9.85. The summed E-state index contributed by atoms with van der Waals surface area (Å²) in [4.78, 5) is 22.4. The molecule has 0 unspecified atom stereocenters. The highest BCUT2D eigenvalue weighted by atomic mass is 16.6. The van der Waals surface area contributed by atoms with Gasteiger partial charge in [0.2, 0.25) is 0 Å². The molecule has 0 fully saturated rings. The highest BCUT2D eigenvalue weighted by Crippen LogP contribution is 2.07. The third-order valence-corrected chi connectivity index (χ3v) is 2.83. The average Bonchev–Trinajstić information content (AvgIpc) is 2.49. The van der Waals surface area contributed by atoms with Gasteiger partial charge in [0.1, 0.15) is 12.2 Å². The third-order valence-electron chi connectivity index (χ3n) is 2.83. The lowest BCUT2D eigenvalue weighted by molar-refractivity contribution is -0.146. The van der Waals surface area contributed by atoms with E-state index < -0.39 is 30.3 Å². The van der Waals surface area contributed by atoms with Crippen LogP contribution in [0.5, 0.6) is 0 Å². The van der Waals surface area contributed by atoms with Crippen LogP contribution < -0.4 is 0 Å². The van der Waals surface area contributed by atoms with Crippen LogP contribution in [-0.4, -0.2) is 46.6 Å². The van der Waals surface area contributed by atoms with E-state index in [-0.39, 0.29) is 6.10 Å². The van der Waals surface area contributed by atoms with E-state index in [2.05, 4.69) is 13.2 Å². The van der Waals surface area contributed by atoms with Gasteiger partial charge >= 0.3 is 11.9 Å². The number of aliphatic hydroxyl groups excluding tert-OH is 2. The van der Waals surface area contributed by atoms with Crippen LogP contribution in [-0.2, 0) is 19.1 Å². The molecule has 2 N–H and O–H groups in total. The molecule has 0 aliphatic heterocycles. The fraction of sp³-hybridized carbons (Fsp3) is 0.500. The summed E-state index contributed by atoms with van der Waals surface area (Å²) in [6.45, 7) is 9.91. The predicted molar refractivity (Wildman–Crippen MR) is 81.9 cm³/mol. The van der Waals surface area contributed by atoms with Gasteiger partial charge in [0, 0.05) is 12.2 Å². The van der Waals surface area contributed by atoms with Crippen LogP contribution in [0.1, 0.15) is 26.7 Å². The van der Waals surface area contributed by atoms with Crippen molar-refractivity contribution in [2.75, 3.05) is 0 Å². The van der Waals surface area contributed by atoms with Gasteiger partial charge in [-0.15, -0.1) is 6.58 Å². The Kier molecular flexibility index (Phi) is 9.82. The van der Waals surface area contributed by atoms with Crippen molar-refractivity contribution in [1.29, 1.82) is 0 Å². The number of hydrogen-bond donors (Lipinski definition) is 2. The molecule has 0 radical (unpaired) electrons. The van der Waals surface area contributed by atoms with Crippen LogP contribution in [0, 0.1) is 0 Å². The van der Waals surface area contributed by atoms with Gasteiger partial charge in [0.25, 0.3) is 0 Å². The van der Waals surface area contributed by atoms with Crippen molar-refractivity contribution < 1.29 is 29.3 Å². The first-order chi connectivity index (χ1) is 10.3. The minimum Gasteiger partial charge on any atom is -0.460 e. The minimum absolute atomic E-state index is 0.320. The van der Waals surface area contributed by atoms with Crippen molar-refractivity contribution in [2.45, 2.75) is 51.1 Å². The standard InChI is InChI=1S/C16H24O6/c1-5-14(18)12(4)22-16(20)10-9-13(17)8-7-11(3)21-15(19)6-2/h5-6,9-14,17-18H,1-2,7-8H2,3-4H3/b10-9+/t11-,12-,13-,14+/m1/s1. The molecule has 0 spiro atoms. The predicted octanol–water partition coefficient (Wildman–Crippen LogP) is 1.28. The molecule has 0 aliphatic carbocycles. The molecule has 0 saturated heterocycles. The lowest BCUT2D eigenvalue weighted by Gasteiger charge is -2.15. The minimum atomic E-state index is -0.942. The lowest BCUT2D eigenvalue weighted by atomic mass is 10.1. The maximum absolute atomic E-state index is 11.5. The van der Waals surface area contributed by atoms with E-state index in [1.165, 1.54) is 19.1 Å². The van der Waals surface area contributed by atoms with Crippen LogP contribution >= 0.6 is 0 Å². The zero-order valence-electron chi connectivity index (χ0n) is 13.0. The topological polar surface area (TPSA) is 93.1 Å². The van der Waals surface area contributed by atoms with Gasteiger partial charge in [0.05, 0.1) is 12.2 Å². The summed E-state index contributed by atoms with van der Waals surface area (Å²) in [5.41, 5.74) is 0. The van der Waals surface area contributed by atoms with E-state index in [9.17, 15) is 19.8 Å². The smallest absolute Gasteiger partial charge is 0.330 e. The maximum Gasteiger partial charge on any atom is 0.330 e. The molecule has 6 nitrogen and oxygen atoms in total. The zero-order valence-corrected chi connectivity index (χ0v) is 13.0. The summed E-state index contributed by atoms with van der Waals surface area (Å²) in [5.74, 6) is -1.19. The van der Waals surface area contributed by atoms with Crippen molar-refractivity contribution in [1.82, 2.24) is 0 Å². The molecule has 0 aromatic rings. The van der Waals surface area contributed by atoms with Crippen LogP contribution in [0.25, 0.3) is 0 Å². The largest absolute Gasteiger partial charge is 0.460 e. The van der Waals surface area contributed by atoms with Crippen molar-refractivity contribution >= 4 is 11.9 Å². The molecule has 22 heavy (non-hydrogen) atoms. The van der Waals surface area contributed by atoms with Crippen LogP contribution in [0.3, 0.4) is 0 Å². The van der Waals surface area contributed by atoms with E-state index in [1.807, 2.05) is 0 Å². The summed E-state index contributed by atoms with van der Waals surface area (Å²) in [5, 5.41) is 19.1. The van der Waals surface area contributed by atoms with Gasteiger partial charge in [-0.2, -0.15) is 0 Å². The number of carbonyl (C=O) groups is 2. The fourth-order valence-electron chi connectivity index (χ4n) is 1.48. The normalized spacial score (nSPS) is 16.4. The number of aliphatic hydroxyl groups is 2. The molecule has 0 saturated carbocycles. The molecule has 0 heterocycles. The van der Waals surface area contributed by atoms with Gasteiger partial charge < -0.3 is 19.7 Å². The first kappa shape index (κ1) is 20.1. The number of ether oxygens (including phenoxy) is 2. The van der Waals surface area contributed by atoms with Gasteiger partial charge in [-0.05, 0) is 32.8 Å². The van der Waals surface area contributed by atoms with Crippen LogP contribution in [0.15, 0.2) is 37.5 Å². The Hall–Kier alpha value is -1.92. The number of hydrogen-bond acceptors (Lipinski definition) is 6. The average molecular weight is 312 g/mol. The van der Waals surface area contributed by atoms with E-state index in [0.717, 1.165) is 12.2 Å². The molecule has 0 rings (SSSR count). The SMILES string of the molecule is C=CC(=O)O[C@H](C)CC[C@@H](O)/C=C/C(=O)O[C@H](C)[C@@H](O)C=C. The quantitative estimate of drug-likeness (QED) is 0.358. The molecular formula is C16H24O6. The molecule has 0 amide bonds. The second-order valence-electron chi connectivity index (χ2n) is 4.82. The van der Waals surface area contributed by atoms with Crippen molar-refractivity contribution in [3.8, 4) is 0 Å². The number of carbonyl (C=O) groups excluding carboxylic acids is 2. The van der Waals surface area contributed by atoms with Gasteiger partial charge in [-0.3, -0.25) is 0 Å². The molecule has 4 atom stereocenters. The molecule has 0 bridgehead atoms. The highest BCUT2D eigenvalue weighted by Gasteiger charge is 2.14. The van der Waals surface area contributed by atoms with E-state index >= 15 is 0 Å².